The Labute approximate surface area is 111 Å². The third-order valence-electron chi connectivity index (χ3n) is 3.64. The highest BCUT2D eigenvalue weighted by molar-refractivity contribution is 9.10. The standard InChI is InChI=1S/C14H19BrFN/c1-10(2)12-5-6-17(9-12)8-11-3-4-14(16)13(15)7-11/h3-4,7,10,12H,5-6,8-9H2,1-2H3. The average molecular weight is 300 g/mol. The first-order chi connectivity index (χ1) is 8.06. The van der Waals surface area contributed by atoms with E-state index in [-0.39, 0.29) is 5.82 Å². The minimum Gasteiger partial charge on any atom is -0.299 e. The van der Waals surface area contributed by atoms with Gasteiger partial charge in [-0.15, -0.1) is 0 Å². The fraction of sp³-hybridized carbons (Fsp3) is 0.571. The van der Waals surface area contributed by atoms with E-state index < -0.39 is 0 Å². The molecule has 0 amide bonds. The van der Waals surface area contributed by atoms with Crippen molar-refractivity contribution in [3.05, 3.63) is 34.1 Å². The fourth-order valence-corrected chi connectivity index (χ4v) is 2.87. The van der Waals surface area contributed by atoms with Crippen molar-refractivity contribution in [3.8, 4) is 0 Å². The summed E-state index contributed by atoms with van der Waals surface area (Å²) in [5, 5.41) is 0. The van der Waals surface area contributed by atoms with Gasteiger partial charge in [0.25, 0.3) is 0 Å². The normalized spacial score (nSPS) is 21.4. The van der Waals surface area contributed by atoms with Crippen molar-refractivity contribution in [2.75, 3.05) is 13.1 Å². The Morgan fingerprint density at radius 3 is 2.82 bits per heavy atom. The fourth-order valence-electron chi connectivity index (χ4n) is 2.45. The van der Waals surface area contributed by atoms with E-state index >= 15 is 0 Å². The molecule has 1 aliphatic rings. The summed E-state index contributed by atoms with van der Waals surface area (Å²) < 4.78 is 13.7. The number of hydrogen-bond donors (Lipinski definition) is 0. The van der Waals surface area contributed by atoms with E-state index in [9.17, 15) is 4.39 Å². The maximum atomic E-state index is 13.1. The summed E-state index contributed by atoms with van der Waals surface area (Å²) in [4.78, 5) is 2.46. The minimum absolute atomic E-state index is 0.185. The van der Waals surface area contributed by atoms with Crippen LogP contribution in [0.4, 0.5) is 4.39 Å². The molecule has 0 saturated carbocycles. The highest BCUT2D eigenvalue weighted by Gasteiger charge is 2.24. The van der Waals surface area contributed by atoms with Crippen LogP contribution in [0, 0.1) is 17.7 Å². The molecule has 3 heteroatoms. The van der Waals surface area contributed by atoms with Crippen molar-refractivity contribution in [1.29, 1.82) is 0 Å². The molecule has 2 rings (SSSR count). The summed E-state index contributed by atoms with van der Waals surface area (Å²) in [6, 6.07) is 5.30. The van der Waals surface area contributed by atoms with Gasteiger partial charge in [-0.1, -0.05) is 19.9 Å². The van der Waals surface area contributed by atoms with Gasteiger partial charge in [-0.25, -0.2) is 4.39 Å². The number of benzene rings is 1. The van der Waals surface area contributed by atoms with Gasteiger partial charge in [-0.05, 0) is 58.4 Å². The first-order valence-electron chi connectivity index (χ1n) is 6.22. The Hall–Kier alpha value is -0.410. The van der Waals surface area contributed by atoms with Crippen LogP contribution in [-0.2, 0) is 6.54 Å². The topological polar surface area (TPSA) is 3.24 Å². The van der Waals surface area contributed by atoms with Gasteiger partial charge >= 0.3 is 0 Å². The zero-order chi connectivity index (χ0) is 12.4. The minimum atomic E-state index is -0.185. The third-order valence-corrected chi connectivity index (χ3v) is 4.25. The maximum absolute atomic E-state index is 13.1. The predicted molar refractivity (Wildman–Crippen MR) is 72.3 cm³/mol. The van der Waals surface area contributed by atoms with Gasteiger partial charge in [0.1, 0.15) is 5.82 Å². The van der Waals surface area contributed by atoms with Gasteiger partial charge in [0.2, 0.25) is 0 Å². The van der Waals surface area contributed by atoms with Crippen LogP contribution in [0.1, 0.15) is 25.8 Å². The molecular weight excluding hydrogens is 281 g/mol. The van der Waals surface area contributed by atoms with Crippen molar-refractivity contribution in [2.24, 2.45) is 11.8 Å². The Balaban J connectivity index is 1.96. The smallest absolute Gasteiger partial charge is 0.137 e. The number of nitrogens with zero attached hydrogens (tertiary/aromatic N) is 1. The molecule has 1 aliphatic heterocycles. The van der Waals surface area contributed by atoms with Crippen LogP contribution >= 0.6 is 15.9 Å². The number of likely N-dealkylation sites (tertiary alicyclic amines) is 1. The zero-order valence-electron chi connectivity index (χ0n) is 10.4. The molecule has 0 radical (unpaired) electrons. The van der Waals surface area contributed by atoms with Crippen molar-refractivity contribution < 1.29 is 4.39 Å². The van der Waals surface area contributed by atoms with E-state index in [4.69, 9.17) is 0 Å². The SMILES string of the molecule is CC(C)C1CCN(Cc2ccc(F)c(Br)c2)C1. The number of hydrogen-bond acceptors (Lipinski definition) is 1. The van der Waals surface area contributed by atoms with Crippen LogP contribution in [0.15, 0.2) is 22.7 Å². The molecule has 0 aromatic heterocycles. The van der Waals surface area contributed by atoms with E-state index in [0.29, 0.717) is 4.47 Å². The van der Waals surface area contributed by atoms with Crippen LogP contribution < -0.4 is 0 Å². The molecule has 1 aromatic rings. The summed E-state index contributed by atoms with van der Waals surface area (Å²) >= 11 is 3.24. The average Bonchev–Trinajstić information content (AvgIpc) is 2.72. The van der Waals surface area contributed by atoms with Crippen LogP contribution in [-0.4, -0.2) is 18.0 Å². The lowest BCUT2D eigenvalue weighted by Gasteiger charge is -2.18. The van der Waals surface area contributed by atoms with Crippen molar-refractivity contribution in [2.45, 2.75) is 26.8 Å². The molecule has 0 bridgehead atoms. The Bertz CT molecular complexity index is 392. The summed E-state index contributed by atoms with van der Waals surface area (Å²) in [5.41, 5.74) is 1.18. The molecule has 1 nitrogen and oxygen atoms in total. The molecule has 0 N–H and O–H groups in total. The van der Waals surface area contributed by atoms with Crippen LogP contribution in [0.5, 0.6) is 0 Å². The van der Waals surface area contributed by atoms with Gasteiger partial charge < -0.3 is 0 Å². The first-order valence-corrected chi connectivity index (χ1v) is 7.02. The Morgan fingerprint density at radius 2 is 2.24 bits per heavy atom. The molecule has 0 aliphatic carbocycles. The van der Waals surface area contributed by atoms with Gasteiger partial charge in [0.15, 0.2) is 0 Å². The number of rotatable bonds is 3. The van der Waals surface area contributed by atoms with Crippen LogP contribution in [0.25, 0.3) is 0 Å². The molecule has 1 aromatic carbocycles. The third kappa shape index (κ3) is 3.29. The highest BCUT2D eigenvalue weighted by atomic mass is 79.9. The summed E-state index contributed by atoms with van der Waals surface area (Å²) in [6.07, 6.45) is 1.29. The van der Waals surface area contributed by atoms with Crippen molar-refractivity contribution in [1.82, 2.24) is 4.90 Å². The lowest BCUT2D eigenvalue weighted by atomic mass is 9.95. The molecule has 1 fully saturated rings. The van der Waals surface area contributed by atoms with E-state index in [1.54, 1.807) is 0 Å². The van der Waals surface area contributed by atoms with Gasteiger partial charge in [-0.2, -0.15) is 0 Å². The molecule has 1 heterocycles. The molecular formula is C14H19BrFN. The molecule has 94 valence electrons. The predicted octanol–water partition coefficient (Wildman–Crippen LogP) is 4.07. The van der Waals surface area contributed by atoms with E-state index in [2.05, 4.69) is 34.7 Å². The molecule has 0 spiro atoms. The molecule has 1 saturated heterocycles. The Morgan fingerprint density at radius 1 is 1.47 bits per heavy atom. The largest absolute Gasteiger partial charge is 0.299 e. The summed E-state index contributed by atoms with van der Waals surface area (Å²) in [6.45, 7) is 7.86. The van der Waals surface area contributed by atoms with Crippen LogP contribution in [0.2, 0.25) is 0 Å². The van der Waals surface area contributed by atoms with Gasteiger partial charge in [-0.3, -0.25) is 4.90 Å². The van der Waals surface area contributed by atoms with E-state index in [0.717, 1.165) is 24.9 Å². The second-order valence-electron chi connectivity index (χ2n) is 5.28. The zero-order valence-corrected chi connectivity index (χ0v) is 12.0. The van der Waals surface area contributed by atoms with E-state index in [1.165, 1.54) is 24.6 Å². The monoisotopic (exact) mass is 299 g/mol. The maximum Gasteiger partial charge on any atom is 0.137 e. The highest BCUT2D eigenvalue weighted by Crippen LogP contribution is 2.25. The van der Waals surface area contributed by atoms with Crippen molar-refractivity contribution >= 4 is 15.9 Å². The quantitative estimate of drug-likeness (QED) is 0.813. The molecule has 1 atom stereocenters. The second-order valence-corrected chi connectivity index (χ2v) is 6.13. The van der Waals surface area contributed by atoms with E-state index in [1.807, 2.05) is 12.1 Å². The Kier molecular flexibility index (Phi) is 4.21. The number of halogens is 2. The first kappa shape index (κ1) is 13.0. The van der Waals surface area contributed by atoms with Gasteiger partial charge in [0, 0.05) is 13.1 Å². The van der Waals surface area contributed by atoms with Crippen LogP contribution in [0.3, 0.4) is 0 Å². The summed E-state index contributed by atoms with van der Waals surface area (Å²) in [5.74, 6) is 1.40. The lowest BCUT2D eigenvalue weighted by Crippen LogP contribution is -2.21. The lowest BCUT2D eigenvalue weighted by molar-refractivity contribution is 0.296. The van der Waals surface area contributed by atoms with Gasteiger partial charge in [0.05, 0.1) is 4.47 Å². The molecule has 17 heavy (non-hydrogen) atoms. The second kappa shape index (κ2) is 5.49. The van der Waals surface area contributed by atoms with Crippen molar-refractivity contribution in [3.63, 3.8) is 0 Å². The summed E-state index contributed by atoms with van der Waals surface area (Å²) in [7, 11) is 0. The molecule has 1 unspecified atom stereocenters.